The van der Waals surface area contributed by atoms with Gasteiger partial charge < -0.3 is 10.1 Å². The van der Waals surface area contributed by atoms with Gasteiger partial charge in [0.05, 0.1) is 34.6 Å². The Kier molecular flexibility index (Phi) is 5.03. The van der Waals surface area contributed by atoms with Crippen molar-refractivity contribution < 1.29 is 4.74 Å². The molecule has 0 bridgehead atoms. The fraction of sp³-hybridized carbons (Fsp3) is 0.167. The normalized spacial score (nSPS) is 11.3. The number of aromatic nitrogens is 6. The number of allylic oxidation sites excluding steroid dienone is 1. The zero-order valence-corrected chi connectivity index (χ0v) is 17.9. The van der Waals surface area contributed by atoms with Crippen molar-refractivity contribution in [1.29, 1.82) is 0 Å². The first-order valence-corrected chi connectivity index (χ1v) is 10.4. The maximum atomic E-state index is 6.05. The first kappa shape index (κ1) is 19.7. The van der Waals surface area contributed by atoms with E-state index in [9.17, 15) is 0 Å². The topological polar surface area (TPSA) is 104 Å². The summed E-state index contributed by atoms with van der Waals surface area (Å²) < 4.78 is 6.05. The SMILES string of the molecule is C=CCc1ccc(-c2[nH]nc3ncnc(Nc4cc5cn[nH]c5cc4OC(C)C)c23)cc1. The van der Waals surface area contributed by atoms with Crippen molar-refractivity contribution in [1.82, 2.24) is 30.4 Å². The molecule has 160 valence electrons. The number of ether oxygens (including phenoxy) is 1. The molecule has 2 aromatic carbocycles. The average Bonchev–Trinajstić information content (AvgIpc) is 3.41. The third kappa shape index (κ3) is 3.66. The largest absolute Gasteiger partial charge is 0.489 e. The van der Waals surface area contributed by atoms with Crippen molar-refractivity contribution in [2.24, 2.45) is 0 Å². The summed E-state index contributed by atoms with van der Waals surface area (Å²) in [7, 11) is 0. The first-order valence-electron chi connectivity index (χ1n) is 10.4. The molecule has 0 atom stereocenters. The van der Waals surface area contributed by atoms with Crippen molar-refractivity contribution in [2.45, 2.75) is 26.4 Å². The Bertz CT molecular complexity index is 1400. The summed E-state index contributed by atoms with van der Waals surface area (Å²) in [4.78, 5) is 8.86. The predicted molar refractivity (Wildman–Crippen MR) is 126 cm³/mol. The fourth-order valence-corrected chi connectivity index (χ4v) is 3.68. The van der Waals surface area contributed by atoms with E-state index in [1.54, 1.807) is 6.20 Å². The van der Waals surface area contributed by atoms with Crippen LogP contribution in [0.25, 0.3) is 33.2 Å². The lowest BCUT2D eigenvalue weighted by Crippen LogP contribution is -2.08. The average molecular weight is 425 g/mol. The molecule has 0 aliphatic rings. The van der Waals surface area contributed by atoms with Crippen LogP contribution in [0.3, 0.4) is 0 Å². The minimum Gasteiger partial charge on any atom is -0.489 e. The first-order chi connectivity index (χ1) is 15.6. The third-order valence-electron chi connectivity index (χ3n) is 5.13. The summed E-state index contributed by atoms with van der Waals surface area (Å²) in [6.45, 7) is 7.79. The van der Waals surface area contributed by atoms with E-state index in [-0.39, 0.29) is 6.10 Å². The van der Waals surface area contributed by atoms with Gasteiger partial charge in [0.25, 0.3) is 0 Å². The number of aromatic amines is 2. The van der Waals surface area contributed by atoms with Gasteiger partial charge in [-0.1, -0.05) is 30.3 Å². The van der Waals surface area contributed by atoms with E-state index >= 15 is 0 Å². The third-order valence-corrected chi connectivity index (χ3v) is 5.13. The number of fused-ring (bicyclic) bond motifs is 2. The quantitative estimate of drug-likeness (QED) is 0.311. The molecule has 0 saturated carbocycles. The summed E-state index contributed by atoms with van der Waals surface area (Å²) in [5.74, 6) is 1.35. The van der Waals surface area contributed by atoms with Gasteiger partial charge in [-0.2, -0.15) is 10.2 Å². The van der Waals surface area contributed by atoms with E-state index in [2.05, 4.69) is 66.5 Å². The molecule has 0 unspecified atom stereocenters. The molecule has 0 fully saturated rings. The molecule has 0 saturated heterocycles. The number of hydrogen-bond donors (Lipinski definition) is 3. The maximum Gasteiger partial charge on any atom is 0.186 e. The minimum absolute atomic E-state index is 0.0138. The van der Waals surface area contributed by atoms with E-state index in [1.807, 2.05) is 32.1 Å². The van der Waals surface area contributed by atoms with Crippen LogP contribution in [0, 0.1) is 0 Å². The highest BCUT2D eigenvalue weighted by atomic mass is 16.5. The summed E-state index contributed by atoms with van der Waals surface area (Å²) in [5.41, 5.74) is 5.34. The second-order valence-electron chi connectivity index (χ2n) is 7.81. The Labute approximate surface area is 184 Å². The Morgan fingerprint density at radius 3 is 2.75 bits per heavy atom. The van der Waals surface area contributed by atoms with Crippen LogP contribution in [0.15, 0.2) is 61.6 Å². The highest BCUT2D eigenvalue weighted by Crippen LogP contribution is 2.36. The number of hydrogen-bond acceptors (Lipinski definition) is 6. The Morgan fingerprint density at radius 2 is 1.97 bits per heavy atom. The number of anilines is 2. The molecule has 8 heteroatoms. The van der Waals surface area contributed by atoms with Crippen LogP contribution in [-0.4, -0.2) is 36.5 Å². The van der Waals surface area contributed by atoms with Gasteiger partial charge in [-0.05, 0) is 31.9 Å². The van der Waals surface area contributed by atoms with Crippen LogP contribution in [0.5, 0.6) is 5.75 Å². The van der Waals surface area contributed by atoms with Crippen molar-refractivity contribution in [3.05, 3.63) is 67.1 Å². The highest BCUT2D eigenvalue weighted by molar-refractivity contribution is 6.00. The number of rotatable bonds is 7. The number of H-pyrrole nitrogens is 2. The lowest BCUT2D eigenvalue weighted by molar-refractivity contribution is 0.244. The van der Waals surface area contributed by atoms with E-state index < -0.39 is 0 Å². The van der Waals surface area contributed by atoms with Crippen LogP contribution in [0.1, 0.15) is 19.4 Å². The van der Waals surface area contributed by atoms with Gasteiger partial charge in [0.15, 0.2) is 5.65 Å². The molecule has 0 amide bonds. The zero-order valence-electron chi connectivity index (χ0n) is 17.9. The standard InChI is InChI=1S/C24H23N7O/c1-4-5-15-6-8-16(9-7-15)22-21-23(25-13-26-24(21)31-30-22)28-19-10-17-12-27-29-18(17)11-20(19)32-14(2)3/h4,6-14H,1,5H2,2-3H3,(H,27,29)(H2,25,26,28,30,31). The molecule has 0 aliphatic heterocycles. The molecule has 8 nitrogen and oxygen atoms in total. The molecule has 3 N–H and O–H groups in total. The summed E-state index contributed by atoms with van der Waals surface area (Å²) in [6.07, 6.45) is 6.02. The molecule has 5 aromatic rings. The predicted octanol–water partition coefficient (Wildman–Crippen LogP) is 5.16. The highest BCUT2D eigenvalue weighted by Gasteiger charge is 2.17. The minimum atomic E-state index is 0.0138. The monoisotopic (exact) mass is 425 g/mol. The van der Waals surface area contributed by atoms with Gasteiger partial charge in [0.1, 0.15) is 17.9 Å². The summed E-state index contributed by atoms with van der Waals surface area (Å²) in [5, 5.41) is 19.9. The van der Waals surface area contributed by atoms with Gasteiger partial charge >= 0.3 is 0 Å². The van der Waals surface area contributed by atoms with Gasteiger partial charge in [0, 0.05) is 17.0 Å². The van der Waals surface area contributed by atoms with Crippen molar-refractivity contribution >= 4 is 33.4 Å². The van der Waals surface area contributed by atoms with Crippen LogP contribution >= 0.6 is 0 Å². The van der Waals surface area contributed by atoms with Crippen LogP contribution < -0.4 is 10.1 Å². The van der Waals surface area contributed by atoms with Crippen molar-refractivity contribution in [3.63, 3.8) is 0 Å². The molecular weight excluding hydrogens is 402 g/mol. The van der Waals surface area contributed by atoms with Gasteiger partial charge in [0.2, 0.25) is 0 Å². The molecule has 5 rings (SSSR count). The van der Waals surface area contributed by atoms with E-state index in [4.69, 9.17) is 4.74 Å². The smallest absolute Gasteiger partial charge is 0.186 e. The van der Waals surface area contributed by atoms with Crippen molar-refractivity contribution in [3.8, 4) is 17.0 Å². The van der Waals surface area contributed by atoms with Gasteiger partial charge in [-0.15, -0.1) is 6.58 Å². The van der Waals surface area contributed by atoms with Crippen LogP contribution in [0.2, 0.25) is 0 Å². The molecule has 32 heavy (non-hydrogen) atoms. The van der Waals surface area contributed by atoms with E-state index in [1.165, 1.54) is 11.9 Å². The van der Waals surface area contributed by atoms with E-state index in [0.717, 1.165) is 39.7 Å². The Balaban J connectivity index is 1.59. The number of benzene rings is 2. The number of nitrogens with one attached hydrogen (secondary N) is 3. The maximum absolute atomic E-state index is 6.05. The van der Waals surface area contributed by atoms with Crippen molar-refractivity contribution in [2.75, 3.05) is 5.32 Å². The Morgan fingerprint density at radius 1 is 1.12 bits per heavy atom. The molecule has 0 aliphatic carbocycles. The summed E-state index contributed by atoms with van der Waals surface area (Å²) in [6, 6.07) is 12.2. The fourth-order valence-electron chi connectivity index (χ4n) is 3.68. The molecule has 3 heterocycles. The molecule has 0 radical (unpaired) electrons. The van der Waals surface area contributed by atoms with Crippen LogP contribution in [0.4, 0.5) is 11.5 Å². The van der Waals surface area contributed by atoms with Gasteiger partial charge in [-0.3, -0.25) is 10.2 Å². The van der Waals surface area contributed by atoms with Gasteiger partial charge in [-0.25, -0.2) is 9.97 Å². The summed E-state index contributed by atoms with van der Waals surface area (Å²) >= 11 is 0. The molecule has 3 aromatic heterocycles. The molecule has 0 spiro atoms. The van der Waals surface area contributed by atoms with E-state index in [0.29, 0.717) is 17.2 Å². The lowest BCUT2D eigenvalue weighted by atomic mass is 10.1. The van der Waals surface area contributed by atoms with Crippen LogP contribution in [-0.2, 0) is 6.42 Å². The zero-order chi connectivity index (χ0) is 22.1. The number of nitrogens with zero attached hydrogens (tertiary/aromatic N) is 4. The second kappa shape index (κ2) is 8.14. The second-order valence-corrected chi connectivity index (χ2v) is 7.81. The Hall–Kier alpha value is -4.20. The lowest BCUT2D eigenvalue weighted by Gasteiger charge is -2.16. The molecular formula is C24H23N7O.